The maximum atomic E-state index is 12.3. The maximum Gasteiger partial charge on any atom is 0.490 e. The number of aromatic amines is 1. The summed E-state index contributed by atoms with van der Waals surface area (Å²) in [6, 6.07) is 8.74. The number of ether oxygens (including phenoxy) is 3. The fourth-order valence-electron chi connectivity index (χ4n) is 4.06. The number of phosphoric ester groups is 1. The van der Waals surface area contributed by atoms with Gasteiger partial charge in [-0.05, 0) is 0 Å². The van der Waals surface area contributed by atoms with Gasteiger partial charge in [-0.3, -0.25) is 18.9 Å². The first-order valence-electron chi connectivity index (χ1n) is 10.7. The average molecular weight is 611 g/mol. The van der Waals surface area contributed by atoms with Gasteiger partial charge in [-0.25, -0.2) is 18.7 Å². The van der Waals surface area contributed by atoms with Gasteiger partial charge in [0.25, 0.3) is 5.56 Å². The van der Waals surface area contributed by atoms with Gasteiger partial charge in [0.1, 0.15) is 18.3 Å². The van der Waals surface area contributed by atoms with Crippen LogP contribution < -0.4 is 11.3 Å². The van der Waals surface area contributed by atoms with Gasteiger partial charge < -0.3 is 39.5 Å². The zero-order valence-electron chi connectivity index (χ0n) is 19.2. The first-order chi connectivity index (χ1) is 18.2. The molecule has 0 spiro atoms. The molecule has 39 heavy (non-hydrogen) atoms. The molecule has 3 aromatic rings. The van der Waals surface area contributed by atoms with Gasteiger partial charge in [0.15, 0.2) is 23.7 Å². The fraction of sp³-hybridized carbons (Fsp3) is 0.353. The number of nitrogens with two attached hydrogens (primary N) is 1. The molecule has 2 aliphatic rings. The molecule has 7 atom stereocenters. The van der Waals surface area contributed by atoms with E-state index >= 15 is 0 Å². The molecule has 0 aliphatic carbocycles. The van der Waals surface area contributed by atoms with E-state index in [1.165, 1.54) is 10.9 Å². The van der Waals surface area contributed by atoms with E-state index in [1.54, 1.807) is 30.3 Å². The second-order valence-corrected chi connectivity index (χ2v) is 12.6. The largest absolute Gasteiger partial charge is 0.490 e. The zero-order valence-corrected chi connectivity index (χ0v) is 21.9. The molecule has 3 unspecified atom stereocenters. The van der Waals surface area contributed by atoms with E-state index in [1.807, 2.05) is 0 Å². The number of rotatable bonds is 9. The van der Waals surface area contributed by atoms with Gasteiger partial charge in [-0.2, -0.15) is 13.6 Å². The zero-order chi connectivity index (χ0) is 28.2. The summed E-state index contributed by atoms with van der Waals surface area (Å²) in [5.74, 6) is -0.196. The molecule has 2 fully saturated rings. The highest BCUT2D eigenvalue weighted by molar-refractivity contribution is 7.66. The van der Waals surface area contributed by atoms with Crippen LogP contribution in [0, 0.1) is 0 Å². The molecule has 212 valence electrons. The van der Waals surface area contributed by atoms with Crippen LogP contribution in [-0.2, 0) is 41.1 Å². The lowest BCUT2D eigenvalue weighted by Gasteiger charge is -2.22. The van der Waals surface area contributed by atoms with E-state index in [4.69, 9.17) is 34.3 Å². The van der Waals surface area contributed by atoms with E-state index in [2.05, 4.69) is 23.6 Å². The normalized spacial score (nSPS) is 28.3. The third kappa shape index (κ3) is 6.21. The van der Waals surface area contributed by atoms with Crippen molar-refractivity contribution in [2.24, 2.45) is 0 Å². The first-order valence-corrected chi connectivity index (χ1v) is 15.3. The number of nitrogen functional groups attached to an aromatic ring is 1. The van der Waals surface area contributed by atoms with Crippen LogP contribution in [0.1, 0.15) is 18.1 Å². The number of benzene rings is 1. The molecule has 19 nitrogen and oxygen atoms in total. The number of nitrogens with one attached hydrogen (secondary N) is 1. The number of hydrogen-bond donors (Lipinski definition) is 6. The number of phosphoric acid groups is 3. The summed E-state index contributed by atoms with van der Waals surface area (Å²) in [6.45, 7) is -0.797. The molecule has 5 rings (SSSR count). The highest BCUT2D eigenvalue weighted by Crippen LogP contribution is 2.66. The predicted octanol–water partition coefficient (Wildman–Crippen LogP) is 0.425. The number of H-pyrrole nitrogens is 1. The minimum absolute atomic E-state index is 0.0419. The van der Waals surface area contributed by atoms with Crippen molar-refractivity contribution < 1.29 is 60.6 Å². The van der Waals surface area contributed by atoms with Crippen molar-refractivity contribution in [1.29, 1.82) is 0 Å². The topological polar surface area (TPSA) is 277 Å². The summed E-state index contributed by atoms with van der Waals surface area (Å²) >= 11 is 0. The number of hydrogen-bond acceptors (Lipinski definition) is 13. The molecule has 0 bridgehead atoms. The average Bonchev–Trinajstić information content (AvgIpc) is 3.50. The van der Waals surface area contributed by atoms with E-state index in [9.17, 15) is 28.3 Å². The molecule has 0 radical (unpaired) electrons. The molecular weight excluding hydrogens is 591 g/mol. The maximum absolute atomic E-state index is 12.3. The molecule has 2 saturated heterocycles. The van der Waals surface area contributed by atoms with Crippen LogP contribution in [-0.4, -0.2) is 64.0 Å². The molecule has 0 saturated carbocycles. The Morgan fingerprint density at radius 3 is 2.38 bits per heavy atom. The molecule has 4 heterocycles. The standard InChI is InChI=1S/C17H20N5O14P3/c18-17-20-13-10(14(23)21-17)19-7-22(13)15-12-11(33-16(34-12)8-4-2-1-3-5-8)9(32-15)6-31-38(27,28)36-39(29,30)35-37(24,25)26/h1-5,7,9,11-12,15-16H,6H2,(H,27,28)(H,29,30)(H2,24,25,26)(H3,18,20,21,23)/t9-,11+,12+,15-,16?/m1/s1. The third-order valence-corrected chi connectivity index (χ3v) is 9.26. The molecule has 2 aliphatic heterocycles. The van der Waals surface area contributed by atoms with Crippen LogP contribution >= 0.6 is 23.5 Å². The van der Waals surface area contributed by atoms with Gasteiger partial charge in [-0.1, -0.05) is 30.3 Å². The van der Waals surface area contributed by atoms with E-state index in [0.29, 0.717) is 5.56 Å². The summed E-state index contributed by atoms with van der Waals surface area (Å²) in [5, 5.41) is 0. The van der Waals surface area contributed by atoms with Crippen molar-refractivity contribution in [2.75, 3.05) is 12.3 Å². The lowest BCUT2D eigenvalue weighted by Crippen LogP contribution is -2.31. The van der Waals surface area contributed by atoms with E-state index in [-0.39, 0.29) is 17.1 Å². The molecule has 1 aromatic carbocycles. The number of anilines is 1. The van der Waals surface area contributed by atoms with Gasteiger partial charge in [-0.15, -0.1) is 0 Å². The fourth-order valence-corrected chi connectivity index (χ4v) is 7.09. The minimum Gasteiger partial charge on any atom is -0.369 e. The van der Waals surface area contributed by atoms with Crippen LogP contribution in [0.5, 0.6) is 0 Å². The van der Waals surface area contributed by atoms with Crippen molar-refractivity contribution in [1.82, 2.24) is 19.5 Å². The Morgan fingerprint density at radius 2 is 1.69 bits per heavy atom. The Balaban J connectivity index is 1.40. The van der Waals surface area contributed by atoms with Gasteiger partial charge >= 0.3 is 23.5 Å². The lowest BCUT2D eigenvalue weighted by molar-refractivity contribution is -0.152. The van der Waals surface area contributed by atoms with Crippen molar-refractivity contribution in [3.8, 4) is 0 Å². The SMILES string of the molecule is Nc1nc2c(ncn2[C@@H]2O[C@H](COP(=O)(O)OP(=O)(O)OP(=O)(O)O)[C@@H]3OC(c4ccccc4)O[C@@H]32)c(=O)[nH]1. The summed E-state index contributed by atoms with van der Waals surface area (Å²) < 4.78 is 66.3. The summed E-state index contributed by atoms with van der Waals surface area (Å²) in [5.41, 5.74) is 5.67. The second-order valence-electron chi connectivity index (χ2n) is 8.17. The van der Waals surface area contributed by atoms with Gasteiger partial charge in [0.2, 0.25) is 5.95 Å². The van der Waals surface area contributed by atoms with Crippen LogP contribution in [0.15, 0.2) is 41.5 Å². The molecule has 2 aromatic heterocycles. The monoisotopic (exact) mass is 611 g/mol. The van der Waals surface area contributed by atoms with Crippen LogP contribution in [0.4, 0.5) is 5.95 Å². The predicted molar refractivity (Wildman–Crippen MR) is 125 cm³/mol. The summed E-state index contributed by atoms with van der Waals surface area (Å²) in [7, 11) is -16.7. The Bertz CT molecular complexity index is 1580. The minimum atomic E-state index is -5.72. The number of nitrogens with zero attached hydrogens (tertiary/aromatic N) is 3. The highest BCUT2D eigenvalue weighted by Gasteiger charge is 2.55. The quantitative estimate of drug-likeness (QED) is 0.179. The molecule has 22 heteroatoms. The third-order valence-electron chi connectivity index (χ3n) is 5.46. The van der Waals surface area contributed by atoms with Crippen LogP contribution in [0.25, 0.3) is 11.2 Å². The lowest BCUT2D eigenvalue weighted by atomic mass is 10.1. The van der Waals surface area contributed by atoms with Crippen molar-refractivity contribution in [3.63, 3.8) is 0 Å². The summed E-state index contributed by atoms with van der Waals surface area (Å²) in [6.07, 6.45) is -3.79. The Labute approximate surface area is 216 Å². The van der Waals surface area contributed by atoms with E-state index < -0.39 is 66.5 Å². The number of fused-ring (bicyclic) bond motifs is 2. The highest BCUT2D eigenvalue weighted by atomic mass is 31.3. The Kier molecular flexibility index (Phi) is 7.41. The summed E-state index contributed by atoms with van der Waals surface area (Å²) in [4.78, 5) is 59.3. The molecule has 7 N–H and O–H groups in total. The van der Waals surface area contributed by atoms with Gasteiger partial charge in [0.05, 0.1) is 12.9 Å². The first kappa shape index (κ1) is 28.2. The number of imidazole rings is 1. The number of aromatic nitrogens is 4. The van der Waals surface area contributed by atoms with Crippen LogP contribution in [0.3, 0.4) is 0 Å². The Morgan fingerprint density at radius 1 is 1.00 bits per heavy atom. The molecular formula is C17H20N5O14P3. The van der Waals surface area contributed by atoms with E-state index in [0.717, 1.165) is 0 Å². The second kappa shape index (κ2) is 10.2. The van der Waals surface area contributed by atoms with Gasteiger partial charge in [0, 0.05) is 5.56 Å². The van der Waals surface area contributed by atoms with Crippen molar-refractivity contribution in [3.05, 3.63) is 52.6 Å². The van der Waals surface area contributed by atoms with Crippen molar-refractivity contribution >= 4 is 40.6 Å². The molecule has 0 amide bonds. The van der Waals surface area contributed by atoms with Crippen LogP contribution in [0.2, 0.25) is 0 Å². The van der Waals surface area contributed by atoms with Crippen molar-refractivity contribution in [2.45, 2.75) is 30.8 Å². The Hall–Kier alpha value is -2.34. The smallest absolute Gasteiger partial charge is 0.369 e.